The van der Waals surface area contributed by atoms with Gasteiger partial charge in [0.25, 0.3) is 0 Å². The first-order valence-corrected chi connectivity index (χ1v) is 8.87. The van der Waals surface area contributed by atoms with Crippen LogP contribution in [0.2, 0.25) is 0 Å². The summed E-state index contributed by atoms with van der Waals surface area (Å²) in [5, 5.41) is 20.4. The predicted molar refractivity (Wildman–Crippen MR) is 86.5 cm³/mol. The van der Waals surface area contributed by atoms with E-state index in [-0.39, 0.29) is 19.4 Å². The maximum atomic E-state index is 12.8. The molecule has 2 aliphatic heterocycles. The molecule has 0 unspecified atom stereocenters. The minimum Gasteiger partial charge on any atom is -0.461 e. The minimum atomic E-state index is -1.61. The van der Waals surface area contributed by atoms with Gasteiger partial charge in [-0.25, -0.2) is 4.79 Å². The number of hydrogen-bond acceptors (Lipinski definition) is 8. The van der Waals surface area contributed by atoms with E-state index in [4.69, 9.17) is 14.3 Å². The minimum absolute atomic E-state index is 0.225. The number of carbonyl (C=O) groups excluding carboxylic acids is 3. The van der Waals surface area contributed by atoms with Crippen LogP contribution in [-0.2, 0) is 25.7 Å². The van der Waals surface area contributed by atoms with Gasteiger partial charge in [0.1, 0.15) is 24.2 Å². The standard InChI is InChI=1S/C18H21NO8/c1-8-5-10-14(16(22)19(15(10)21)17(23)25-2)11-6-13(27-18(8,11)24)12-4-3-9(7-20)26-12/h3-4,8,10-11,13-14,20,24H,5-7H2,1-2H3/t8-,10-,11-,13-,14-,18+/m0/s1. The molecule has 0 aromatic carbocycles. The van der Waals surface area contributed by atoms with Gasteiger partial charge in [-0.3, -0.25) is 9.59 Å². The van der Waals surface area contributed by atoms with Gasteiger partial charge in [-0.1, -0.05) is 6.92 Å². The van der Waals surface area contributed by atoms with E-state index in [2.05, 4.69) is 4.74 Å². The molecule has 6 atom stereocenters. The Bertz CT molecular complexity index is 803. The molecule has 1 aromatic heterocycles. The molecule has 0 radical (unpaired) electrons. The van der Waals surface area contributed by atoms with E-state index in [1.807, 2.05) is 0 Å². The third kappa shape index (κ3) is 2.45. The van der Waals surface area contributed by atoms with E-state index < -0.39 is 53.5 Å². The van der Waals surface area contributed by atoms with Crippen molar-refractivity contribution >= 4 is 17.9 Å². The highest BCUT2D eigenvalue weighted by atomic mass is 16.6. The van der Waals surface area contributed by atoms with Gasteiger partial charge >= 0.3 is 6.09 Å². The number of furan rings is 1. The molecule has 9 heteroatoms. The zero-order valence-electron chi connectivity index (χ0n) is 15.0. The van der Waals surface area contributed by atoms with Gasteiger partial charge in [-0.05, 0) is 25.0 Å². The van der Waals surface area contributed by atoms with E-state index in [0.29, 0.717) is 16.4 Å². The van der Waals surface area contributed by atoms with Crippen LogP contribution in [0, 0.1) is 23.7 Å². The average Bonchev–Trinajstić information content (AvgIpc) is 3.31. The number of nitrogens with zero attached hydrogens (tertiary/aromatic N) is 1. The number of amides is 3. The van der Waals surface area contributed by atoms with Crippen LogP contribution in [0.15, 0.2) is 16.5 Å². The van der Waals surface area contributed by atoms with Crippen molar-refractivity contribution in [3.63, 3.8) is 0 Å². The third-order valence-corrected chi connectivity index (χ3v) is 6.07. The Morgan fingerprint density at radius 1 is 1.33 bits per heavy atom. The number of rotatable bonds is 2. The topological polar surface area (TPSA) is 127 Å². The molecule has 1 aliphatic carbocycles. The Morgan fingerprint density at radius 3 is 2.70 bits per heavy atom. The smallest absolute Gasteiger partial charge is 0.423 e. The largest absolute Gasteiger partial charge is 0.461 e. The Kier molecular flexibility index (Phi) is 4.13. The molecule has 27 heavy (non-hydrogen) atoms. The lowest BCUT2D eigenvalue weighted by atomic mass is 9.65. The van der Waals surface area contributed by atoms with Crippen molar-refractivity contribution in [3.05, 3.63) is 23.7 Å². The van der Waals surface area contributed by atoms with Crippen molar-refractivity contribution in [3.8, 4) is 0 Å². The quantitative estimate of drug-likeness (QED) is 0.727. The number of ether oxygens (including phenoxy) is 2. The summed E-state index contributed by atoms with van der Waals surface area (Å²) in [6, 6.07) is 3.27. The fourth-order valence-corrected chi connectivity index (χ4v) is 4.75. The lowest BCUT2D eigenvalue weighted by Gasteiger charge is -2.43. The Hall–Kier alpha value is -2.23. The van der Waals surface area contributed by atoms with Crippen LogP contribution < -0.4 is 0 Å². The monoisotopic (exact) mass is 379 g/mol. The van der Waals surface area contributed by atoms with Crippen LogP contribution in [0.5, 0.6) is 0 Å². The van der Waals surface area contributed by atoms with E-state index in [9.17, 15) is 19.5 Å². The molecule has 2 saturated heterocycles. The molecule has 3 fully saturated rings. The van der Waals surface area contributed by atoms with Crippen LogP contribution in [0.4, 0.5) is 4.79 Å². The van der Waals surface area contributed by atoms with Gasteiger partial charge in [0.15, 0.2) is 5.79 Å². The Balaban J connectivity index is 1.67. The fraction of sp³-hybridized carbons (Fsp3) is 0.611. The molecule has 0 bridgehead atoms. The average molecular weight is 379 g/mol. The molecule has 0 spiro atoms. The predicted octanol–water partition coefficient (Wildman–Crippen LogP) is 0.946. The summed E-state index contributed by atoms with van der Waals surface area (Å²) in [5.41, 5.74) is 0. The maximum absolute atomic E-state index is 12.8. The van der Waals surface area contributed by atoms with Crippen LogP contribution in [0.3, 0.4) is 0 Å². The van der Waals surface area contributed by atoms with Crippen LogP contribution in [0.1, 0.15) is 37.4 Å². The number of imide groups is 3. The molecule has 3 heterocycles. The molecule has 1 aromatic rings. The second kappa shape index (κ2) is 6.15. The molecule has 9 nitrogen and oxygen atoms in total. The molecular formula is C18H21NO8. The van der Waals surface area contributed by atoms with Crippen LogP contribution >= 0.6 is 0 Å². The summed E-state index contributed by atoms with van der Waals surface area (Å²) < 4.78 is 16.0. The number of fused-ring (bicyclic) bond motifs is 3. The highest BCUT2D eigenvalue weighted by molar-refractivity contribution is 6.15. The second-order valence-electron chi connectivity index (χ2n) is 7.41. The number of aliphatic hydroxyl groups excluding tert-OH is 1. The number of methoxy groups -OCH3 is 1. The normalized spacial score (nSPS) is 38.1. The van der Waals surface area contributed by atoms with Crippen molar-refractivity contribution < 1.29 is 38.5 Å². The summed E-state index contributed by atoms with van der Waals surface area (Å²) in [5.74, 6) is -4.68. The van der Waals surface area contributed by atoms with Gasteiger partial charge in [0.05, 0.1) is 18.9 Å². The molecule has 4 rings (SSSR count). The van der Waals surface area contributed by atoms with Gasteiger partial charge in [0.2, 0.25) is 11.8 Å². The molecule has 2 N–H and O–H groups in total. The Labute approximate surface area is 154 Å². The first-order valence-electron chi connectivity index (χ1n) is 8.87. The lowest BCUT2D eigenvalue weighted by Crippen LogP contribution is -2.52. The van der Waals surface area contributed by atoms with Gasteiger partial charge in [-0.2, -0.15) is 4.90 Å². The lowest BCUT2D eigenvalue weighted by molar-refractivity contribution is -0.266. The summed E-state index contributed by atoms with van der Waals surface area (Å²) in [4.78, 5) is 37.9. The summed E-state index contributed by atoms with van der Waals surface area (Å²) in [6.07, 6.45) is -1.14. The van der Waals surface area contributed by atoms with E-state index in [0.717, 1.165) is 7.11 Å². The zero-order valence-corrected chi connectivity index (χ0v) is 15.0. The molecule has 1 saturated carbocycles. The summed E-state index contributed by atoms with van der Waals surface area (Å²) in [7, 11) is 1.11. The first kappa shape index (κ1) is 18.1. The number of aliphatic hydroxyl groups is 2. The molecule has 3 amide bonds. The molecular weight excluding hydrogens is 358 g/mol. The molecule has 146 valence electrons. The summed E-state index contributed by atoms with van der Waals surface area (Å²) in [6.45, 7) is 1.49. The second-order valence-corrected chi connectivity index (χ2v) is 7.41. The van der Waals surface area contributed by atoms with Gasteiger partial charge in [0, 0.05) is 11.8 Å². The fourth-order valence-electron chi connectivity index (χ4n) is 4.75. The SMILES string of the molecule is COC(=O)N1C(=O)[C@H]2[C@H](C[C@H](C)[C@@]3(O)O[C@H](c4ccc(CO)o4)C[C@@H]23)C1=O. The maximum Gasteiger partial charge on any atom is 0.423 e. The Morgan fingerprint density at radius 2 is 2.07 bits per heavy atom. The van der Waals surface area contributed by atoms with E-state index >= 15 is 0 Å². The summed E-state index contributed by atoms with van der Waals surface area (Å²) >= 11 is 0. The van der Waals surface area contributed by atoms with Crippen molar-refractivity contribution in [2.75, 3.05) is 7.11 Å². The molecule has 3 aliphatic rings. The number of hydrogen-bond donors (Lipinski definition) is 2. The van der Waals surface area contributed by atoms with Crippen molar-refractivity contribution in [1.82, 2.24) is 4.90 Å². The number of carbonyl (C=O) groups is 3. The third-order valence-electron chi connectivity index (χ3n) is 6.07. The van der Waals surface area contributed by atoms with Crippen LogP contribution in [0.25, 0.3) is 0 Å². The van der Waals surface area contributed by atoms with Crippen LogP contribution in [-0.4, -0.2) is 45.9 Å². The van der Waals surface area contributed by atoms with Gasteiger partial charge < -0.3 is 24.1 Å². The van der Waals surface area contributed by atoms with Crippen molar-refractivity contribution in [2.45, 2.75) is 38.3 Å². The van der Waals surface area contributed by atoms with Crippen molar-refractivity contribution in [2.24, 2.45) is 23.7 Å². The van der Waals surface area contributed by atoms with Crippen molar-refractivity contribution in [1.29, 1.82) is 0 Å². The van der Waals surface area contributed by atoms with Gasteiger partial charge in [-0.15, -0.1) is 0 Å². The first-order chi connectivity index (χ1) is 12.8. The number of likely N-dealkylation sites (tertiary alicyclic amines) is 1. The van der Waals surface area contributed by atoms with E-state index in [1.165, 1.54) is 0 Å². The van der Waals surface area contributed by atoms with E-state index in [1.54, 1.807) is 19.1 Å². The highest BCUT2D eigenvalue weighted by Crippen LogP contribution is 2.58. The zero-order chi connectivity index (χ0) is 19.5. The highest BCUT2D eigenvalue weighted by Gasteiger charge is 2.67.